The van der Waals surface area contributed by atoms with Crippen LogP contribution in [-0.4, -0.2) is 11.9 Å². The minimum absolute atomic E-state index is 0.206. The van der Waals surface area contributed by atoms with Crippen LogP contribution in [0.15, 0.2) is 18.2 Å². The molecule has 0 bridgehead atoms. The molecule has 0 saturated heterocycles. The molecule has 2 rings (SSSR count). The normalized spacial score (nSPS) is 16.0. The third kappa shape index (κ3) is 1.25. The predicted molar refractivity (Wildman–Crippen MR) is 47.1 cm³/mol. The van der Waals surface area contributed by atoms with Crippen molar-refractivity contribution >= 4 is 12.4 Å². The summed E-state index contributed by atoms with van der Waals surface area (Å²) in [5, 5.41) is 9.53. The molecule has 12 heavy (non-hydrogen) atoms. The van der Waals surface area contributed by atoms with E-state index in [-0.39, 0.29) is 12.7 Å². The number of aryl methyl sites for hydroxylation is 1. The van der Waals surface area contributed by atoms with Gasteiger partial charge in [-0.1, -0.05) is 12.5 Å². The van der Waals surface area contributed by atoms with Crippen molar-refractivity contribution in [1.82, 2.24) is 0 Å². The lowest BCUT2D eigenvalue weighted by atomic mass is 9.53. The van der Waals surface area contributed by atoms with E-state index >= 15 is 0 Å². The number of benzene rings is 1. The number of hydrogen-bond acceptors (Lipinski definition) is 1. The van der Waals surface area contributed by atoms with Gasteiger partial charge in [-0.15, -0.1) is 0 Å². The van der Waals surface area contributed by atoms with Crippen molar-refractivity contribution in [3.05, 3.63) is 29.6 Å². The van der Waals surface area contributed by atoms with Crippen LogP contribution in [0.25, 0.3) is 0 Å². The quantitative estimate of drug-likeness (QED) is 0.566. The van der Waals surface area contributed by atoms with Gasteiger partial charge in [-0.2, -0.15) is 0 Å². The molecule has 1 aromatic carbocycles. The topological polar surface area (TPSA) is 20.2 Å². The Morgan fingerprint density at radius 1 is 1.42 bits per heavy atom. The van der Waals surface area contributed by atoms with Crippen LogP contribution in [0.5, 0.6) is 0 Å². The lowest BCUT2D eigenvalue weighted by Gasteiger charge is -2.17. The second kappa shape index (κ2) is 2.90. The zero-order valence-electron chi connectivity index (χ0n) is 6.76. The first-order valence-electron chi connectivity index (χ1n) is 4.24. The van der Waals surface area contributed by atoms with Crippen LogP contribution in [0.3, 0.4) is 0 Å². The molecule has 1 aromatic rings. The molecule has 0 fully saturated rings. The fourth-order valence-corrected chi connectivity index (χ4v) is 1.76. The van der Waals surface area contributed by atoms with Gasteiger partial charge in [-0.25, -0.2) is 4.39 Å². The molecular weight excluding hydrogens is 154 g/mol. The Hall–Kier alpha value is -0.825. The molecule has 0 atom stereocenters. The standard InChI is InChI=1S/C9H10BFO/c11-8-3-4-9-7(6-8)2-1-5-10(9)12/h3-4,6,12H,1-2,5H2. The summed E-state index contributed by atoms with van der Waals surface area (Å²) in [5.41, 5.74) is 1.87. The van der Waals surface area contributed by atoms with Crippen molar-refractivity contribution in [3.8, 4) is 0 Å². The Morgan fingerprint density at radius 2 is 2.25 bits per heavy atom. The molecule has 0 unspecified atom stereocenters. The van der Waals surface area contributed by atoms with Gasteiger partial charge < -0.3 is 5.02 Å². The van der Waals surface area contributed by atoms with Gasteiger partial charge in [0.1, 0.15) is 5.82 Å². The van der Waals surface area contributed by atoms with Crippen LogP contribution < -0.4 is 5.46 Å². The Morgan fingerprint density at radius 3 is 3.08 bits per heavy atom. The van der Waals surface area contributed by atoms with E-state index in [0.717, 1.165) is 30.2 Å². The highest BCUT2D eigenvalue weighted by atomic mass is 19.1. The third-order valence-corrected chi connectivity index (χ3v) is 2.39. The maximum Gasteiger partial charge on any atom is 0.323 e. The summed E-state index contributed by atoms with van der Waals surface area (Å²) in [6, 6.07) is 4.62. The lowest BCUT2D eigenvalue weighted by molar-refractivity contribution is 0.572. The molecule has 1 nitrogen and oxygen atoms in total. The molecule has 0 aromatic heterocycles. The van der Waals surface area contributed by atoms with Crippen LogP contribution in [0.2, 0.25) is 6.32 Å². The maximum atomic E-state index is 12.7. The van der Waals surface area contributed by atoms with E-state index in [0.29, 0.717) is 0 Å². The van der Waals surface area contributed by atoms with Crippen LogP contribution in [0, 0.1) is 5.82 Å². The van der Waals surface area contributed by atoms with Gasteiger partial charge in [0.2, 0.25) is 0 Å². The van der Waals surface area contributed by atoms with Crippen LogP contribution in [-0.2, 0) is 6.42 Å². The summed E-state index contributed by atoms with van der Waals surface area (Å²) in [7, 11) is 0. The van der Waals surface area contributed by atoms with E-state index < -0.39 is 0 Å². The van der Waals surface area contributed by atoms with Crippen LogP contribution in [0.1, 0.15) is 12.0 Å². The van der Waals surface area contributed by atoms with E-state index in [1.807, 2.05) is 0 Å². The second-order valence-corrected chi connectivity index (χ2v) is 3.25. The molecule has 1 N–H and O–H groups in total. The molecule has 0 spiro atoms. The molecule has 3 heteroatoms. The number of fused-ring (bicyclic) bond motifs is 1. The largest absolute Gasteiger partial charge is 0.446 e. The maximum absolute atomic E-state index is 12.7. The fraction of sp³-hybridized carbons (Fsp3) is 0.333. The zero-order chi connectivity index (χ0) is 8.55. The smallest absolute Gasteiger partial charge is 0.323 e. The minimum Gasteiger partial charge on any atom is -0.446 e. The monoisotopic (exact) mass is 164 g/mol. The van der Waals surface area contributed by atoms with Crippen molar-refractivity contribution < 1.29 is 9.41 Å². The van der Waals surface area contributed by atoms with Gasteiger partial charge in [0.05, 0.1) is 0 Å². The van der Waals surface area contributed by atoms with Crippen molar-refractivity contribution in [2.24, 2.45) is 0 Å². The molecular formula is C9H10BFO. The molecule has 1 aliphatic rings. The molecule has 0 radical (unpaired) electrons. The molecule has 1 aliphatic heterocycles. The van der Waals surface area contributed by atoms with E-state index in [1.54, 1.807) is 6.07 Å². The molecule has 0 aliphatic carbocycles. The van der Waals surface area contributed by atoms with Gasteiger partial charge in [0.25, 0.3) is 0 Å². The summed E-state index contributed by atoms with van der Waals surface area (Å²) in [6.45, 7) is -0.380. The fourth-order valence-electron chi connectivity index (χ4n) is 1.76. The Balaban J connectivity index is 2.46. The van der Waals surface area contributed by atoms with Gasteiger partial charge in [0.15, 0.2) is 0 Å². The highest BCUT2D eigenvalue weighted by Crippen LogP contribution is 2.13. The summed E-state index contributed by atoms with van der Waals surface area (Å²) in [6.07, 6.45) is 2.65. The highest BCUT2D eigenvalue weighted by Gasteiger charge is 2.21. The number of rotatable bonds is 0. The number of hydrogen-bond donors (Lipinski definition) is 1. The lowest BCUT2D eigenvalue weighted by Crippen LogP contribution is -2.36. The van der Waals surface area contributed by atoms with Crippen molar-refractivity contribution in [2.75, 3.05) is 0 Å². The molecule has 62 valence electrons. The second-order valence-electron chi connectivity index (χ2n) is 3.25. The van der Waals surface area contributed by atoms with Gasteiger partial charge in [-0.3, -0.25) is 0 Å². The summed E-state index contributed by atoms with van der Waals surface area (Å²) >= 11 is 0. The van der Waals surface area contributed by atoms with E-state index in [9.17, 15) is 9.41 Å². The zero-order valence-corrected chi connectivity index (χ0v) is 6.76. The molecule has 0 saturated carbocycles. The van der Waals surface area contributed by atoms with Crippen LogP contribution >= 0.6 is 0 Å². The average molecular weight is 164 g/mol. The third-order valence-electron chi connectivity index (χ3n) is 2.39. The van der Waals surface area contributed by atoms with Crippen molar-refractivity contribution in [3.63, 3.8) is 0 Å². The Bertz CT molecular complexity index is 301. The minimum atomic E-state index is -0.380. The van der Waals surface area contributed by atoms with Crippen molar-refractivity contribution in [1.29, 1.82) is 0 Å². The Labute approximate surface area is 71.3 Å². The summed E-state index contributed by atoms with van der Waals surface area (Å²) in [4.78, 5) is 0. The summed E-state index contributed by atoms with van der Waals surface area (Å²) in [5.74, 6) is -0.206. The van der Waals surface area contributed by atoms with Gasteiger partial charge >= 0.3 is 6.92 Å². The molecule has 0 amide bonds. The first-order chi connectivity index (χ1) is 5.77. The first-order valence-corrected chi connectivity index (χ1v) is 4.24. The van der Waals surface area contributed by atoms with Gasteiger partial charge in [-0.05, 0) is 35.9 Å². The van der Waals surface area contributed by atoms with Crippen molar-refractivity contribution in [2.45, 2.75) is 19.2 Å². The summed E-state index contributed by atoms with van der Waals surface area (Å²) < 4.78 is 12.7. The average Bonchev–Trinajstić information content (AvgIpc) is 2.04. The van der Waals surface area contributed by atoms with E-state index in [2.05, 4.69) is 0 Å². The van der Waals surface area contributed by atoms with E-state index in [1.165, 1.54) is 12.1 Å². The van der Waals surface area contributed by atoms with E-state index in [4.69, 9.17) is 0 Å². The molecule has 1 heterocycles. The Kier molecular flexibility index (Phi) is 1.89. The number of halogens is 1. The first kappa shape index (κ1) is 7.81. The van der Waals surface area contributed by atoms with Gasteiger partial charge in [0, 0.05) is 0 Å². The predicted octanol–water partition coefficient (Wildman–Crippen LogP) is 0.963. The highest BCUT2D eigenvalue weighted by molar-refractivity contribution is 6.66. The SMILES string of the molecule is OB1CCCc2cc(F)ccc21. The van der Waals surface area contributed by atoms with Crippen LogP contribution in [0.4, 0.5) is 4.39 Å².